The fraction of sp³-hybridized carbons (Fsp3) is 0.333. The number of nitrogens with two attached hydrogens (primary N) is 1. The van der Waals surface area contributed by atoms with Crippen molar-refractivity contribution >= 4 is 23.2 Å². The van der Waals surface area contributed by atoms with Gasteiger partial charge in [-0.15, -0.1) is 0 Å². The van der Waals surface area contributed by atoms with Crippen LogP contribution in [0.4, 0.5) is 11.4 Å². The van der Waals surface area contributed by atoms with Gasteiger partial charge in [-0.3, -0.25) is 19.7 Å². The van der Waals surface area contributed by atoms with Gasteiger partial charge in [0.25, 0.3) is 0 Å². The lowest BCUT2D eigenvalue weighted by atomic mass is 10.1. The van der Waals surface area contributed by atoms with Crippen LogP contribution in [0.2, 0.25) is 0 Å². The average Bonchev–Trinajstić information content (AvgIpc) is 2.80. The molecule has 1 fully saturated rings. The van der Waals surface area contributed by atoms with Crippen molar-refractivity contribution in [1.29, 1.82) is 0 Å². The largest absolute Gasteiger partial charge is 0.490 e. The molecule has 0 unspecified atom stereocenters. The number of rotatable bonds is 4. The highest BCUT2D eigenvalue weighted by Gasteiger charge is 2.34. The van der Waals surface area contributed by atoms with Crippen molar-refractivity contribution in [3.05, 3.63) is 28.3 Å². The van der Waals surface area contributed by atoms with Crippen LogP contribution in [-0.4, -0.2) is 30.4 Å². The molecule has 8 heteroatoms. The molecular formula is C12H13N3O5. The van der Waals surface area contributed by atoms with Gasteiger partial charge >= 0.3 is 5.69 Å². The van der Waals surface area contributed by atoms with Crippen LogP contribution in [0.1, 0.15) is 6.42 Å². The molecule has 0 aromatic heterocycles. The Bertz CT molecular complexity index is 586. The molecule has 0 saturated carbocycles. The summed E-state index contributed by atoms with van der Waals surface area (Å²) in [7, 11) is 1.33. The minimum Gasteiger partial charge on any atom is -0.490 e. The average molecular weight is 279 g/mol. The van der Waals surface area contributed by atoms with Crippen LogP contribution in [0.5, 0.6) is 5.75 Å². The van der Waals surface area contributed by atoms with Gasteiger partial charge in [-0.25, -0.2) is 0 Å². The first kappa shape index (κ1) is 13.8. The number of anilines is 1. The lowest BCUT2D eigenvalue weighted by molar-refractivity contribution is -0.385. The second-order valence-corrected chi connectivity index (χ2v) is 4.42. The quantitative estimate of drug-likeness (QED) is 0.634. The van der Waals surface area contributed by atoms with Gasteiger partial charge in [0.2, 0.25) is 11.8 Å². The third-order valence-corrected chi connectivity index (χ3v) is 3.20. The predicted octanol–water partition coefficient (Wildman–Crippen LogP) is 0.442. The number of nitro benzene ring substituents is 1. The second kappa shape index (κ2) is 5.16. The number of carbonyl (C=O) groups is 2. The van der Waals surface area contributed by atoms with Gasteiger partial charge in [0.15, 0.2) is 5.75 Å². The molecule has 8 nitrogen and oxygen atoms in total. The molecule has 0 spiro atoms. The number of nitrogens with zero attached hydrogens (tertiary/aromatic N) is 2. The summed E-state index contributed by atoms with van der Waals surface area (Å²) in [4.78, 5) is 34.6. The van der Waals surface area contributed by atoms with Gasteiger partial charge in [-0.1, -0.05) is 0 Å². The molecule has 2 N–H and O–H groups in total. The summed E-state index contributed by atoms with van der Waals surface area (Å²) < 4.78 is 4.89. The van der Waals surface area contributed by atoms with E-state index in [-0.39, 0.29) is 30.3 Å². The van der Waals surface area contributed by atoms with E-state index in [1.165, 1.54) is 30.2 Å². The number of hydrogen-bond donors (Lipinski definition) is 1. The van der Waals surface area contributed by atoms with Gasteiger partial charge in [0.05, 0.1) is 23.6 Å². The highest BCUT2D eigenvalue weighted by Crippen LogP contribution is 2.33. The fourth-order valence-corrected chi connectivity index (χ4v) is 2.14. The van der Waals surface area contributed by atoms with Crippen molar-refractivity contribution in [3.8, 4) is 5.75 Å². The fourth-order valence-electron chi connectivity index (χ4n) is 2.14. The zero-order valence-corrected chi connectivity index (χ0v) is 10.7. The van der Waals surface area contributed by atoms with Gasteiger partial charge in [0, 0.05) is 19.0 Å². The third-order valence-electron chi connectivity index (χ3n) is 3.20. The van der Waals surface area contributed by atoms with Crippen LogP contribution < -0.4 is 15.4 Å². The number of benzene rings is 1. The van der Waals surface area contributed by atoms with Crippen molar-refractivity contribution in [2.24, 2.45) is 11.7 Å². The van der Waals surface area contributed by atoms with Gasteiger partial charge < -0.3 is 15.4 Å². The smallest absolute Gasteiger partial charge is 0.312 e. The minimum absolute atomic E-state index is 0.0230. The topological polar surface area (TPSA) is 116 Å². The molecule has 1 saturated heterocycles. The normalized spacial score (nSPS) is 18.1. The van der Waals surface area contributed by atoms with E-state index < -0.39 is 16.7 Å². The number of nitro groups is 1. The lowest BCUT2D eigenvalue weighted by Crippen LogP contribution is -2.28. The summed E-state index contributed by atoms with van der Waals surface area (Å²) in [6.45, 7) is 0.137. The Morgan fingerprint density at radius 2 is 2.25 bits per heavy atom. The Balaban J connectivity index is 2.34. The molecule has 1 heterocycles. The van der Waals surface area contributed by atoms with Crippen LogP contribution in [0.15, 0.2) is 18.2 Å². The first-order valence-corrected chi connectivity index (χ1v) is 5.86. The zero-order valence-electron chi connectivity index (χ0n) is 10.7. The first-order chi connectivity index (χ1) is 9.43. The molecule has 1 atom stereocenters. The molecule has 0 bridgehead atoms. The van der Waals surface area contributed by atoms with Crippen LogP contribution in [0.25, 0.3) is 0 Å². The number of primary amides is 1. The standard InChI is InChI=1S/C12H13N3O5/c1-20-10-3-2-8(5-9(10)15(18)19)14-6-7(12(13)17)4-11(14)16/h2-3,5,7H,4,6H2,1H3,(H2,13,17)/t7-/m0/s1. The second-order valence-electron chi connectivity index (χ2n) is 4.42. The van der Waals surface area contributed by atoms with Gasteiger partial charge in [0.1, 0.15) is 0 Å². The molecule has 1 aliphatic heterocycles. The molecule has 0 aliphatic carbocycles. The molecular weight excluding hydrogens is 266 g/mol. The van der Waals surface area contributed by atoms with E-state index in [1.807, 2.05) is 0 Å². The Kier molecular flexibility index (Phi) is 3.55. The van der Waals surface area contributed by atoms with Gasteiger partial charge in [-0.05, 0) is 12.1 Å². The molecule has 1 aromatic carbocycles. The number of ether oxygens (including phenoxy) is 1. The zero-order chi connectivity index (χ0) is 14.9. The molecule has 2 amide bonds. The summed E-state index contributed by atoms with van der Waals surface area (Å²) in [5.74, 6) is -1.29. The molecule has 2 rings (SSSR count). The maximum atomic E-state index is 11.8. The SMILES string of the molecule is COc1ccc(N2C[C@@H](C(N)=O)CC2=O)cc1[N+](=O)[O-]. The van der Waals surface area contributed by atoms with Crippen LogP contribution in [0.3, 0.4) is 0 Å². The first-order valence-electron chi connectivity index (χ1n) is 5.86. The Labute approximate surface area is 114 Å². The van der Waals surface area contributed by atoms with E-state index in [0.29, 0.717) is 5.69 Å². The van der Waals surface area contributed by atoms with E-state index in [9.17, 15) is 19.7 Å². The number of carbonyl (C=O) groups excluding carboxylic acids is 2. The highest BCUT2D eigenvalue weighted by atomic mass is 16.6. The number of hydrogen-bond acceptors (Lipinski definition) is 5. The summed E-state index contributed by atoms with van der Waals surface area (Å²) in [5.41, 5.74) is 5.30. The van der Waals surface area contributed by atoms with Gasteiger partial charge in [-0.2, -0.15) is 0 Å². The van der Waals surface area contributed by atoms with Crippen LogP contribution in [0, 0.1) is 16.0 Å². The molecule has 1 aromatic rings. The Morgan fingerprint density at radius 3 is 2.75 bits per heavy atom. The summed E-state index contributed by atoms with van der Waals surface area (Å²) >= 11 is 0. The van der Waals surface area contributed by atoms with E-state index in [1.54, 1.807) is 0 Å². The molecule has 20 heavy (non-hydrogen) atoms. The number of amides is 2. The summed E-state index contributed by atoms with van der Waals surface area (Å²) in [5, 5.41) is 10.9. The monoisotopic (exact) mass is 279 g/mol. The van der Waals surface area contributed by atoms with Crippen LogP contribution in [-0.2, 0) is 9.59 Å². The maximum Gasteiger partial charge on any atom is 0.312 e. The predicted molar refractivity (Wildman–Crippen MR) is 69.3 cm³/mol. The van der Waals surface area contributed by atoms with Crippen molar-refractivity contribution in [2.45, 2.75) is 6.42 Å². The minimum atomic E-state index is -0.589. The van der Waals surface area contributed by atoms with Crippen molar-refractivity contribution in [2.75, 3.05) is 18.6 Å². The van der Waals surface area contributed by atoms with E-state index in [0.717, 1.165) is 0 Å². The molecule has 106 valence electrons. The van der Waals surface area contributed by atoms with E-state index >= 15 is 0 Å². The Hall–Kier alpha value is -2.64. The van der Waals surface area contributed by atoms with Crippen molar-refractivity contribution in [1.82, 2.24) is 0 Å². The third kappa shape index (κ3) is 2.40. The van der Waals surface area contributed by atoms with Crippen LogP contribution >= 0.6 is 0 Å². The highest BCUT2D eigenvalue weighted by molar-refractivity contribution is 6.00. The van der Waals surface area contributed by atoms with Crippen molar-refractivity contribution < 1.29 is 19.2 Å². The lowest BCUT2D eigenvalue weighted by Gasteiger charge is -2.16. The van der Waals surface area contributed by atoms with E-state index in [4.69, 9.17) is 10.5 Å². The maximum absolute atomic E-state index is 11.8. The summed E-state index contributed by atoms with van der Waals surface area (Å²) in [6, 6.07) is 4.20. The summed E-state index contributed by atoms with van der Waals surface area (Å²) in [6.07, 6.45) is 0.0230. The molecule has 1 aliphatic rings. The number of methoxy groups -OCH3 is 1. The molecule has 0 radical (unpaired) electrons. The van der Waals surface area contributed by atoms with Crippen molar-refractivity contribution in [3.63, 3.8) is 0 Å². The van der Waals surface area contributed by atoms with E-state index in [2.05, 4.69) is 0 Å². The Morgan fingerprint density at radius 1 is 1.55 bits per heavy atom.